The number of thioether (sulfide) groups is 1. The first-order valence-electron chi connectivity index (χ1n) is 8.05. The highest BCUT2D eigenvalue weighted by atomic mass is 32.2. The molecule has 0 bridgehead atoms. The molecule has 0 aliphatic heterocycles. The summed E-state index contributed by atoms with van der Waals surface area (Å²) in [7, 11) is 0. The van der Waals surface area contributed by atoms with Gasteiger partial charge in [0.25, 0.3) is 5.91 Å². The van der Waals surface area contributed by atoms with E-state index < -0.39 is 18.5 Å². The van der Waals surface area contributed by atoms with Gasteiger partial charge >= 0.3 is 5.97 Å². The van der Waals surface area contributed by atoms with Crippen molar-refractivity contribution in [3.63, 3.8) is 0 Å². The Morgan fingerprint density at radius 3 is 2.44 bits per heavy atom. The first-order chi connectivity index (χ1) is 13.0. The molecule has 0 aromatic heterocycles. The largest absolute Gasteiger partial charge is 0.507 e. The zero-order valence-electron chi connectivity index (χ0n) is 14.4. The Bertz CT molecular complexity index is 1020. The molecule has 1 amide bonds. The number of aromatic hydroxyl groups is 2. The number of fused-ring (bicyclic) bond motifs is 1. The molecule has 0 aliphatic carbocycles. The maximum atomic E-state index is 12.3. The minimum Gasteiger partial charge on any atom is -0.507 e. The predicted octanol–water partition coefficient (Wildman–Crippen LogP) is 3.77. The SMILES string of the molecule is CSc1ccccc1NC(=O)COC(=O)c1cc(O)c2ccccc2c1O. The van der Waals surface area contributed by atoms with Crippen LogP contribution in [0.4, 0.5) is 5.69 Å². The van der Waals surface area contributed by atoms with Crippen molar-refractivity contribution < 1.29 is 24.5 Å². The number of para-hydroxylation sites is 1. The van der Waals surface area contributed by atoms with Crippen LogP contribution in [0.15, 0.2) is 59.5 Å². The molecular formula is C20H17NO5S. The Balaban J connectivity index is 1.72. The van der Waals surface area contributed by atoms with Gasteiger partial charge in [0.05, 0.1) is 5.69 Å². The summed E-state index contributed by atoms with van der Waals surface area (Å²) in [6.45, 7) is -0.519. The second-order valence-electron chi connectivity index (χ2n) is 5.66. The van der Waals surface area contributed by atoms with E-state index in [4.69, 9.17) is 4.74 Å². The number of carbonyl (C=O) groups excluding carboxylic acids is 2. The molecule has 6 nitrogen and oxygen atoms in total. The van der Waals surface area contributed by atoms with E-state index in [-0.39, 0.29) is 17.1 Å². The van der Waals surface area contributed by atoms with E-state index >= 15 is 0 Å². The van der Waals surface area contributed by atoms with Gasteiger partial charge < -0.3 is 20.3 Å². The van der Waals surface area contributed by atoms with E-state index in [2.05, 4.69) is 5.32 Å². The van der Waals surface area contributed by atoms with Crippen molar-refractivity contribution in [1.82, 2.24) is 0 Å². The van der Waals surface area contributed by atoms with Gasteiger partial charge in [-0.15, -0.1) is 11.8 Å². The van der Waals surface area contributed by atoms with Gasteiger partial charge in [-0.2, -0.15) is 0 Å². The van der Waals surface area contributed by atoms with Gasteiger partial charge in [-0.3, -0.25) is 4.79 Å². The van der Waals surface area contributed by atoms with Gasteiger partial charge in [-0.1, -0.05) is 36.4 Å². The third kappa shape index (κ3) is 3.98. The first-order valence-corrected chi connectivity index (χ1v) is 9.27. The minimum absolute atomic E-state index is 0.159. The van der Waals surface area contributed by atoms with Crippen molar-refractivity contribution in [3.05, 3.63) is 60.2 Å². The van der Waals surface area contributed by atoms with Crippen LogP contribution in [0.2, 0.25) is 0 Å². The molecule has 0 unspecified atom stereocenters. The molecule has 0 fully saturated rings. The monoisotopic (exact) mass is 383 g/mol. The Kier molecular flexibility index (Phi) is 5.52. The van der Waals surface area contributed by atoms with Crippen LogP contribution in [0.3, 0.4) is 0 Å². The number of nitrogens with one attached hydrogen (secondary N) is 1. The molecule has 7 heteroatoms. The number of esters is 1. The van der Waals surface area contributed by atoms with E-state index in [1.807, 2.05) is 18.4 Å². The second kappa shape index (κ2) is 8.01. The number of hydrogen-bond acceptors (Lipinski definition) is 6. The summed E-state index contributed by atoms with van der Waals surface area (Å²) in [5.41, 5.74) is 0.417. The highest BCUT2D eigenvalue weighted by Crippen LogP contribution is 2.35. The number of anilines is 1. The number of carbonyl (C=O) groups is 2. The van der Waals surface area contributed by atoms with Crippen LogP contribution in [0.5, 0.6) is 11.5 Å². The lowest BCUT2D eigenvalue weighted by Crippen LogP contribution is -2.21. The van der Waals surface area contributed by atoms with Crippen LogP contribution >= 0.6 is 11.8 Å². The standard InChI is InChI=1S/C20H17NO5S/c1-27-17-9-5-4-8-15(17)21-18(23)11-26-20(25)14-10-16(22)12-6-2-3-7-13(12)19(14)24/h2-10,22,24H,11H2,1H3,(H,21,23). The average Bonchev–Trinajstić information content (AvgIpc) is 2.69. The lowest BCUT2D eigenvalue weighted by Gasteiger charge is -2.11. The molecule has 27 heavy (non-hydrogen) atoms. The maximum Gasteiger partial charge on any atom is 0.342 e. The Morgan fingerprint density at radius 1 is 1.04 bits per heavy atom. The second-order valence-corrected chi connectivity index (χ2v) is 6.51. The molecule has 0 atom stereocenters. The van der Waals surface area contributed by atoms with E-state index in [9.17, 15) is 19.8 Å². The molecule has 3 N–H and O–H groups in total. The fraction of sp³-hybridized carbons (Fsp3) is 0.100. The fourth-order valence-electron chi connectivity index (χ4n) is 2.64. The highest BCUT2D eigenvalue weighted by molar-refractivity contribution is 7.98. The van der Waals surface area contributed by atoms with Crippen molar-refractivity contribution in [3.8, 4) is 11.5 Å². The van der Waals surface area contributed by atoms with Gasteiger partial charge in [0.2, 0.25) is 0 Å². The van der Waals surface area contributed by atoms with Gasteiger partial charge in [0.1, 0.15) is 17.1 Å². The van der Waals surface area contributed by atoms with Crippen molar-refractivity contribution >= 4 is 40.1 Å². The van der Waals surface area contributed by atoms with Crippen molar-refractivity contribution in [2.24, 2.45) is 0 Å². The van der Waals surface area contributed by atoms with Crippen molar-refractivity contribution in [2.45, 2.75) is 4.90 Å². The number of ether oxygens (including phenoxy) is 1. The van der Waals surface area contributed by atoms with Crippen LogP contribution in [0.1, 0.15) is 10.4 Å². The first kappa shape index (κ1) is 18.6. The normalized spacial score (nSPS) is 10.6. The van der Waals surface area contributed by atoms with Crippen molar-refractivity contribution in [1.29, 1.82) is 0 Å². The zero-order valence-corrected chi connectivity index (χ0v) is 15.2. The number of rotatable bonds is 5. The third-order valence-electron chi connectivity index (χ3n) is 3.93. The number of amides is 1. The number of phenols is 2. The van der Waals surface area contributed by atoms with Gasteiger partial charge in [-0.25, -0.2) is 4.79 Å². The zero-order chi connectivity index (χ0) is 19.4. The quantitative estimate of drug-likeness (QED) is 0.353. The molecule has 138 valence electrons. The summed E-state index contributed by atoms with van der Waals surface area (Å²) in [6.07, 6.45) is 1.89. The Morgan fingerprint density at radius 2 is 1.70 bits per heavy atom. The molecular weight excluding hydrogens is 366 g/mol. The van der Waals surface area contributed by atoms with E-state index in [0.29, 0.717) is 16.5 Å². The van der Waals surface area contributed by atoms with Gasteiger partial charge in [-0.05, 0) is 24.5 Å². The predicted molar refractivity (Wildman–Crippen MR) is 104 cm³/mol. The van der Waals surface area contributed by atoms with Crippen molar-refractivity contribution in [2.75, 3.05) is 18.2 Å². The summed E-state index contributed by atoms with van der Waals surface area (Å²) in [5, 5.41) is 23.8. The number of hydrogen-bond donors (Lipinski definition) is 3. The van der Waals surface area contributed by atoms with Gasteiger partial charge in [0, 0.05) is 15.7 Å². The van der Waals surface area contributed by atoms with Crippen LogP contribution in [-0.4, -0.2) is 35.0 Å². The molecule has 0 radical (unpaired) electrons. The van der Waals surface area contributed by atoms with E-state index in [0.717, 1.165) is 11.0 Å². The molecule has 0 heterocycles. The summed E-state index contributed by atoms with van der Waals surface area (Å²) >= 11 is 1.48. The van der Waals surface area contributed by atoms with Gasteiger partial charge in [0.15, 0.2) is 6.61 Å². The molecule has 3 rings (SSSR count). The molecule has 3 aromatic carbocycles. The molecule has 0 spiro atoms. The minimum atomic E-state index is -0.901. The summed E-state index contributed by atoms with van der Waals surface area (Å²) < 4.78 is 4.99. The molecule has 0 saturated heterocycles. The van der Waals surface area contributed by atoms with E-state index in [1.54, 1.807) is 36.4 Å². The number of benzene rings is 3. The van der Waals surface area contributed by atoms with Crippen LogP contribution < -0.4 is 5.32 Å². The maximum absolute atomic E-state index is 12.3. The fourth-order valence-corrected chi connectivity index (χ4v) is 3.19. The average molecular weight is 383 g/mol. The van der Waals surface area contributed by atoms with E-state index in [1.165, 1.54) is 11.8 Å². The summed E-state index contributed by atoms with van der Waals surface area (Å²) in [4.78, 5) is 25.2. The Hall–Kier alpha value is -3.19. The molecule has 0 saturated carbocycles. The van der Waals surface area contributed by atoms with Crippen LogP contribution in [0.25, 0.3) is 10.8 Å². The summed E-state index contributed by atoms with van der Waals surface area (Å²) in [6, 6.07) is 15.0. The third-order valence-corrected chi connectivity index (χ3v) is 4.73. The highest BCUT2D eigenvalue weighted by Gasteiger charge is 2.19. The van der Waals surface area contributed by atoms with Crippen LogP contribution in [-0.2, 0) is 9.53 Å². The lowest BCUT2D eigenvalue weighted by molar-refractivity contribution is -0.119. The Labute approximate surface area is 159 Å². The topological polar surface area (TPSA) is 95.9 Å². The molecule has 0 aliphatic rings. The van der Waals surface area contributed by atoms with Crippen LogP contribution in [0, 0.1) is 0 Å². The summed E-state index contributed by atoms with van der Waals surface area (Å²) in [5.74, 6) is -1.87. The molecule has 3 aromatic rings. The number of phenolic OH excluding ortho intramolecular Hbond substituents is 2. The lowest BCUT2D eigenvalue weighted by atomic mass is 10.0. The smallest absolute Gasteiger partial charge is 0.342 e.